The van der Waals surface area contributed by atoms with Crippen LogP contribution in [-0.4, -0.2) is 34.2 Å². The van der Waals surface area contributed by atoms with Crippen LogP contribution in [0.5, 0.6) is 5.75 Å². The molecule has 0 spiro atoms. The maximum absolute atomic E-state index is 12.5. The van der Waals surface area contributed by atoms with Crippen LogP contribution in [0, 0.1) is 0 Å². The van der Waals surface area contributed by atoms with Gasteiger partial charge in [0.25, 0.3) is 0 Å². The van der Waals surface area contributed by atoms with E-state index in [1.54, 1.807) is 24.3 Å². The molecular formula is C20H21ClN2O2S. The molecule has 1 atom stereocenters. The number of rotatable bonds is 4. The van der Waals surface area contributed by atoms with Gasteiger partial charge in [-0.05, 0) is 86.9 Å². The van der Waals surface area contributed by atoms with E-state index in [1.807, 2.05) is 18.2 Å². The van der Waals surface area contributed by atoms with Crippen LogP contribution in [0.15, 0.2) is 53.6 Å². The molecule has 1 saturated heterocycles. The molecule has 0 saturated carbocycles. The van der Waals surface area contributed by atoms with Crippen molar-refractivity contribution in [3.05, 3.63) is 59.2 Å². The zero-order valence-electron chi connectivity index (χ0n) is 14.6. The molecule has 1 aliphatic rings. The Kier molecular flexibility index (Phi) is 5.02. The van der Waals surface area contributed by atoms with E-state index in [2.05, 4.69) is 23.1 Å². The second-order valence-electron chi connectivity index (χ2n) is 6.80. The molecule has 1 N–H and O–H groups in total. The molecule has 3 aromatic rings. The van der Waals surface area contributed by atoms with Crippen molar-refractivity contribution >= 4 is 33.6 Å². The van der Waals surface area contributed by atoms with Gasteiger partial charge >= 0.3 is 0 Å². The van der Waals surface area contributed by atoms with Gasteiger partial charge in [-0.15, -0.1) is 0 Å². The summed E-state index contributed by atoms with van der Waals surface area (Å²) in [6.07, 6.45) is 4.43. The molecule has 0 amide bonds. The largest absolute Gasteiger partial charge is 0.397 e. The number of nitrogens with zero attached hydrogens (tertiary/aromatic N) is 1. The number of aromatic amines is 1. The van der Waals surface area contributed by atoms with Crippen molar-refractivity contribution in [1.29, 1.82) is 0 Å². The molecule has 1 aliphatic heterocycles. The van der Waals surface area contributed by atoms with Crippen molar-refractivity contribution < 1.29 is 8.39 Å². The topological polar surface area (TPSA) is 45.3 Å². The third-order valence-electron chi connectivity index (χ3n) is 5.02. The second kappa shape index (κ2) is 7.43. The van der Waals surface area contributed by atoms with Crippen molar-refractivity contribution in [3.8, 4) is 5.75 Å². The molecule has 4 rings (SSSR count). The molecule has 1 aromatic heterocycles. The van der Waals surface area contributed by atoms with Gasteiger partial charge in [-0.25, -0.2) is 4.21 Å². The Bertz CT molecular complexity index is 931. The van der Waals surface area contributed by atoms with E-state index >= 15 is 0 Å². The van der Waals surface area contributed by atoms with Crippen molar-refractivity contribution in [3.63, 3.8) is 0 Å². The van der Waals surface area contributed by atoms with Crippen LogP contribution in [0.25, 0.3) is 10.9 Å². The predicted molar refractivity (Wildman–Crippen MR) is 106 cm³/mol. The quantitative estimate of drug-likeness (QED) is 0.702. The molecular weight excluding hydrogens is 368 g/mol. The highest BCUT2D eigenvalue weighted by Gasteiger charge is 2.21. The molecule has 0 bridgehead atoms. The van der Waals surface area contributed by atoms with Gasteiger partial charge in [0, 0.05) is 22.1 Å². The first kappa shape index (κ1) is 17.6. The summed E-state index contributed by atoms with van der Waals surface area (Å²) in [6, 6.07) is 12.7. The van der Waals surface area contributed by atoms with E-state index in [4.69, 9.17) is 15.8 Å². The number of hydrogen-bond donors (Lipinski definition) is 1. The molecule has 2 heterocycles. The lowest BCUT2D eigenvalue weighted by atomic mass is 9.89. The zero-order valence-corrected chi connectivity index (χ0v) is 16.1. The monoisotopic (exact) mass is 388 g/mol. The Morgan fingerprint density at radius 2 is 1.88 bits per heavy atom. The van der Waals surface area contributed by atoms with Crippen molar-refractivity contribution in [1.82, 2.24) is 9.88 Å². The van der Waals surface area contributed by atoms with Crippen LogP contribution in [0.2, 0.25) is 5.02 Å². The van der Waals surface area contributed by atoms with Crippen molar-refractivity contribution in [2.24, 2.45) is 0 Å². The molecule has 2 aromatic carbocycles. The van der Waals surface area contributed by atoms with Crippen LogP contribution in [-0.2, 0) is 11.1 Å². The highest BCUT2D eigenvalue weighted by atomic mass is 35.5. The molecule has 4 nitrogen and oxygen atoms in total. The Balaban J connectivity index is 1.57. The number of piperidine rings is 1. The number of likely N-dealkylation sites (tertiary alicyclic amines) is 1. The first-order valence-electron chi connectivity index (χ1n) is 8.75. The lowest BCUT2D eigenvalue weighted by molar-refractivity contribution is 0.256. The summed E-state index contributed by atoms with van der Waals surface area (Å²) < 4.78 is 18.1. The summed E-state index contributed by atoms with van der Waals surface area (Å²) in [5.41, 5.74) is 2.42. The van der Waals surface area contributed by atoms with E-state index in [0.717, 1.165) is 36.8 Å². The maximum Gasteiger partial charge on any atom is 0.240 e. The third kappa shape index (κ3) is 3.65. The minimum atomic E-state index is -1.57. The van der Waals surface area contributed by atoms with Crippen LogP contribution >= 0.6 is 11.6 Å². The fourth-order valence-electron chi connectivity index (χ4n) is 3.51. The highest BCUT2D eigenvalue weighted by Crippen LogP contribution is 2.34. The van der Waals surface area contributed by atoms with Crippen LogP contribution in [0.4, 0.5) is 0 Å². The standard InChI is InChI=1S/C20H21ClN2O2S/c1-23-10-8-14(9-11-23)19-13-22-20-7-4-16(12-18(19)20)25-26(24)17-5-2-15(21)3-6-17/h2-7,12-14,22H,8-11H2,1H3. The normalized spacial score (nSPS) is 17.5. The van der Waals surface area contributed by atoms with Gasteiger partial charge in [-0.1, -0.05) is 11.6 Å². The van der Waals surface area contributed by atoms with Crippen molar-refractivity contribution in [2.45, 2.75) is 23.7 Å². The fraction of sp³-hybridized carbons (Fsp3) is 0.300. The highest BCUT2D eigenvalue weighted by molar-refractivity contribution is 7.80. The molecule has 0 aliphatic carbocycles. The molecule has 1 fully saturated rings. The number of halogens is 1. The maximum atomic E-state index is 12.5. The summed E-state index contributed by atoms with van der Waals surface area (Å²) in [7, 11) is 2.17. The smallest absolute Gasteiger partial charge is 0.240 e. The van der Waals surface area contributed by atoms with E-state index in [9.17, 15) is 4.21 Å². The Morgan fingerprint density at radius 3 is 2.62 bits per heavy atom. The average molecular weight is 389 g/mol. The minimum Gasteiger partial charge on any atom is -0.397 e. The fourth-order valence-corrected chi connectivity index (χ4v) is 4.37. The molecule has 136 valence electrons. The van der Waals surface area contributed by atoms with Crippen LogP contribution in [0.1, 0.15) is 24.3 Å². The number of nitrogens with one attached hydrogen (secondary N) is 1. The van der Waals surface area contributed by atoms with Crippen molar-refractivity contribution in [2.75, 3.05) is 20.1 Å². The van der Waals surface area contributed by atoms with Gasteiger partial charge in [-0.3, -0.25) is 0 Å². The Hall–Kier alpha value is -1.82. The summed E-state index contributed by atoms with van der Waals surface area (Å²) >= 11 is 4.32. The van der Waals surface area contributed by atoms with Gasteiger partial charge in [0.05, 0.1) is 4.90 Å². The zero-order chi connectivity index (χ0) is 18.1. The second-order valence-corrected chi connectivity index (χ2v) is 8.34. The molecule has 0 radical (unpaired) electrons. The lowest BCUT2D eigenvalue weighted by Gasteiger charge is -2.28. The van der Waals surface area contributed by atoms with Gasteiger partial charge in [0.1, 0.15) is 5.75 Å². The first-order chi connectivity index (χ1) is 12.6. The van der Waals surface area contributed by atoms with E-state index in [1.165, 1.54) is 5.56 Å². The number of fused-ring (bicyclic) bond motifs is 1. The van der Waals surface area contributed by atoms with E-state index in [-0.39, 0.29) is 0 Å². The number of hydrogen-bond acceptors (Lipinski definition) is 3. The number of H-pyrrole nitrogens is 1. The summed E-state index contributed by atoms with van der Waals surface area (Å²) in [5.74, 6) is 1.16. The van der Waals surface area contributed by atoms with Gasteiger partial charge in [0.15, 0.2) is 0 Å². The summed E-state index contributed by atoms with van der Waals surface area (Å²) in [5, 5.41) is 1.77. The van der Waals surface area contributed by atoms with Crippen LogP contribution in [0.3, 0.4) is 0 Å². The van der Waals surface area contributed by atoms with Gasteiger partial charge < -0.3 is 14.1 Å². The van der Waals surface area contributed by atoms with E-state index < -0.39 is 11.1 Å². The minimum absolute atomic E-state index is 0.553. The summed E-state index contributed by atoms with van der Waals surface area (Å²) in [4.78, 5) is 6.32. The molecule has 6 heteroatoms. The Morgan fingerprint density at radius 1 is 1.15 bits per heavy atom. The lowest BCUT2D eigenvalue weighted by Crippen LogP contribution is -2.29. The average Bonchev–Trinajstić information content (AvgIpc) is 3.06. The number of aromatic nitrogens is 1. The SMILES string of the molecule is CN1CCC(c2c[nH]c3ccc(OS(=O)c4ccc(Cl)cc4)cc23)CC1. The number of benzene rings is 2. The molecule has 26 heavy (non-hydrogen) atoms. The first-order valence-corrected chi connectivity index (χ1v) is 10.2. The molecule has 1 unspecified atom stereocenters. The van der Waals surface area contributed by atoms with Gasteiger partial charge in [0.2, 0.25) is 11.1 Å². The van der Waals surface area contributed by atoms with Crippen LogP contribution < -0.4 is 4.18 Å². The Labute approximate surface area is 160 Å². The predicted octanol–water partition coefficient (Wildman–Crippen LogP) is 4.73. The summed E-state index contributed by atoms with van der Waals surface area (Å²) in [6.45, 7) is 2.24. The van der Waals surface area contributed by atoms with Gasteiger partial charge in [-0.2, -0.15) is 0 Å². The third-order valence-corrected chi connectivity index (χ3v) is 6.27. The van der Waals surface area contributed by atoms with E-state index in [0.29, 0.717) is 21.6 Å².